The van der Waals surface area contributed by atoms with Crippen molar-refractivity contribution in [2.45, 2.75) is 57.5 Å². The molecule has 1 atom stereocenters. The Balaban J connectivity index is 1.42. The standard InChI is InChI=1S/C22H32N4O2/c1-16(2)21-24-22(28-25-21)20(17-10-14-27-15-11-17)23-18-8-12-26(13-9-18)19-6-4-3-5-7-19/h3-7,16-18,20,23H,8-15H2,1-2H3/t20-/m1/s1. The molecule has 6 nitrogen and oxygen atoms in total. The maximum absolute atomic E-state index is 5.70. The van der Waals surface area contributed by atoms with E-state index in [1.165, 1.54) is 5.69 Å². The average molecular weight is 385 g/mol. The molecule has 1 aromatic heterocycles. The third kappa shape index (κ3) is 4.55. The molecule has 2 aromatic rings. The summed E-state index contributed by atoms with van der Waals surface area (Å²) in [6.07, 6.45) is 4.33. The predicted octanol–water partition coefficient (Wildman–Crippen LogP) is 3.92. The first kappa shape index (κ1) is 19.4. The number of nitrogens with zero attached hydrogens (tertiary/aromatic N) is 3. The van der Waals surface area contributed by atoms with Crippen molar-refractivity contribution in [3.05, 3.63) is 42.0 Å². The summed E-state index contributed by atoms with van der Waals surface area (Å²) in [7, 11) is 0. The van der Waals surface area contributed by atoms with Crippen LogP contribution in [-0.4, -0.2) is 42.5 Å². The fourth-order valence-corrected chi connectivity index (χ4v) is 4.26. The van der Waals surface area contributed by atoms with Crippen molar-refractivity contribution in [3.63, 3.8) is 0 Å². The SMILES string of the molecule is CC(C)c1noc([C@H](NC2CCN(c3ccccc3)CC2)C2CCOCC2)n1. The number of anilines is 1. The van der Waals surface area contributed by atoms with Gasteiger partial charge in [0.1, 0.15) is 0 Å². The normalized spacial score (nSPS) is 20.6. The van der Waals surface area contributed by atoms with Gasteiger partial charge in [-0.05, 0) is 43.7 Å². The van der Waals surface area contributed by atoms with Crippen LogP contribution in [0.5, 0.6) is 0 Å². The molecule has 0 unspecified atom stereocenters. The lowest BCUT2D eigenvalue weighted by Gasteiger charge is -2.37. The van der Waals surface area contributed by atoms with Gasteiger partial charge in [-0.25, -0.2) is 0 Å². The van der Waals surface area contributed by atoms with Crippen LogP contribution in [0.15, 0.2) is 34.9 Å². The third-order valence-corrected chi connectivity index (χ3v) is 6.01. The monoisotopic (exact) mass is 384 g/mol. The Morgan fingerprint density at radius 1 is 1.04 bits per heavy atom. The Hall–Kier alpha value is -1.92. The van der Waals surface area contributed by atoms with Crippen molar-refractivity contribution in [1.29, 1.82) is 0 Å². The van der Waals surface area contributed by atoms with Gasteiger partial charge in [-0.2, -0.15) is 4.98 Å². The summed E-state index contributed by atoms with van der Waals surface area (Å²) < 4.78 is 11.3. The van der Waals surface area contributed by atoms with Crippen molar-refractivity contribution in [1.82, 2.24) is 15.5 Å². The zero-order valence-electron chi connectivity index (χ0n) is 17.0. The van der Waals surface area contributed by atoms with Gasteiger partial charge in [-0.3, -0.25) is 0 Å². The smallest absolute Gasteiger partial charge is 0.244 e. The first-order valence-electron chi connectivity index (χ1n) is 10.7. The summed E-state index contributed by atoms with van der Waals surface area (Å²) in [6, 6.07) is 11.3. The highest BCUT2D eigenvalue weighted by atomic mass is 16.5. The lowest BCUT2D eigenvalue weighted by molar-refractivity contribution is 0.0461. The summed E-state index contributed by atoms with van der Waals surface area (Å²) in [5.41, 5.74) is 1.32. The van der Waals surface area contributed by atoms with E-state index in [4.69, 9.17) is 14.2 Å². The molecule has 4 rings (SSSR count). The van der Waals surface area contributed by atoms with Crippen LogP contribution < -0.4 is 10.2 Å². The van der Waals surface area contributed by atoms with Crippen LogP contribution in [0.3, 0.4) is 0 Å². The highest BCUT2D eigenvalue weighted by molar-refractivity contribution is 5.46. The number of hydrogen-bond donors (Lipinski definition) is 1. The molecule has 0 saturated carbocycles. The summed E-state index contributed by atoms with van der Waals surface area (Å²) >= 11 is 0. The van der Waals surface area contributed by atoms with Gasteiger partial charge in [0.25, 0.3) is 0 Å². The highest BCUT2D eigenvalue weighted by Gasteiger charge is 2.33. The largest absolute Gasteiger partial charge is 0.381 e. The van der Waals surface area contributed by atoms with Crippen LogP contribution in [0.4, 0.5) is 5.69 Å². The van der Waals surface area contributed by atoms with Gasteiger partial charge in [0.2, 0.25) is 5.89 Å². The fourth-order valence-electron chi connectivity index (χ4n) is 4.26. The molecule has 2 fully saturated rings. The topological polar surface area (TPSA) is 63.4 Å². The summed E-state index contributed by atoms with van der Waals surface area (Å²) in [4.78, 5) is 7.20. The molecule has 28 heavy (non-hydrogen) atoms. The van der Waals surface area contributed by atoms with E-state index < -0.39 is 0 Å². The quantitative estimate of drug-likeness (QED) is 0.814. The number of piperidine rings is 1. The number of rotatable bonds is 6. The zero-order chi connectivity index (χ0) is 19.3. The molecular formula is C22H32N4O2. The molecule has 0 spiro atoms. The minimum atomic E-state index is 0.122. The summed E-state index contributed by atoms with van der Waals surface area (Å²) in [5.74, 6) is 2.32. The second-order valence-corrected chi connectivity index (χ2v) is 8.34. The van der Waals surface area contributed by atoms with Gasteiger partial charge in [0, 0.05) is 44.0 Å². The number of hydrogen-bond acceptors (Lipinski definition) is 6. The molecule has 1 N–H and O–H groups in total. The van der Waals surface area contributed by atoms with Gasteiger partial charge in [0.05, 0.1) is 6.04 Å². The number of benzene rings is 1. The van der Waals surface area contributed by atoms with Crippen LogP contribution in [0.1, 0.15) is 63.2 Å². The predicted molar refractivity (Wildman–Crippen MR) is 109 cm³/mol. The molecule has 2 aliphatic rings. The van der Waals surface area contributed by atoms with Gasteiger partial charge in [-0.1, -0.05) is 37.2 Å². The summed E-state index contributed by atoms with van der Waals surface area (Å²) in [5, 5.41) is 8.10. The Morgan fingerprint density at radius 2 is 1.75 bits per heavy atom. The second kappa shape index (κ2) is 9.05. The van der Waals surface area contributed by atoms with E-state index in [0.717, 1.165) is 63.7 Å². The van der Waals surface area contributed by atoms with Gasteiger partial charge in [-0.15, -0.1) is 0 Å². The Labute approximate surface area is 167 Å². The molecule has 2 saturated heterocycles. The number of aromatic nitrogens is 2. The lowest BCUT2D eigenvalue weighted by Crippen LogP contribution is -2.46. The van der Waals surface area contributed by atoms with Crippen LogP contribution in [0.25, 0.3) is 0 Å². The van der Waals surface area contributed by atoms with Crippen LogP contribution >= 0.6 is 0 Å². The minimum absolute atomic E-state index is 0.122. The summed E-state index contributed by atoms with van der Waals surface area (Å²) in [6.45, 7) is 7.99. The van der Waals surface area contributed by atoms with Crippen LogP contribution in [-0.2, 0) is 4.74 Å². The van der Waals surface area contributed by atoms with Crippen LogP contribution in [0.2, 0.25) is 0 Å². The fraction of sp³-hybridized carbons (Fsp3) is 0.636. The van der Waals surface area contributed by atoms with Crippen molar-refractivity contribution < 1.29 is 9.26 Å². The molecule has 6 heteroatoms. The molecule has 1 aromatic carbocycles. The zero-order valence-corrected chi connectivity index (χ0v) is 17.0. The van der Waals surface area contributed by atoms with Gasteiger partial charge in [0.15, 0.2) is 5.82 Å². The lowest BCUT2D eigenvalue weighted by atomic mass is 9.90. The van der Waals surface area contributed by atoms with Crippen molar-refractivity contribution >= 4 is 5.69 Å². The van der Waals surface area contributed by atoms with Gasteiger partial charge < -0.3 is 19.5 Å². The van der Waals surface area contributed by atoms with Crippen molar-refractivity contribution in [2.75, 3.05) is 31.2 Å². The molecule has 3 heterocycles. The van der Waals surface area contributed by atoms with Crippen molar-refractivity contribution in [2.24, 2.45) is 5.92 Å². The number of nitrogens with one attached hydrogen (secondary N) is 1. The number of para-hydroxylation sites is 1. The van der Waals surface area contributed by atoms with E-state index in [2.05, 4.69) is 59.6 Å². The number of ether oxygens (including phenoxy) is 1. The molecule has 0 aliphatic carbocycles. The van der Waals surface area contributed by atoms with E-state index in [0.29, 0.717) is 12.0 Å². The van der Waals surface area contributed by atoms with E-state index >= 15 is 0 Å². The van der Waals surface area contributed by atoms with E-state index in [1.807, 2.05) is 0 Å². The molecular weight excluding hydrogens is 352 g/mol. The van der Waals surface area contributed by atoms with E-state index in [-0.39, 0.29) is 12.0 Å². The Bertz CT molecular complexity index is 719. The average Bonchev–Trinajstić information content (AvgIpc) is 3.24. The first-order chi connectivity index (χ1) is 13.7. The maximum atomic E-state index is 5.70. The maximum Gasteiger partial charge on any atom is 0.244 e. The van der Waals surface area contributed by atoms with Gasteiger partial charge >= 0.3 is 0 Å². The minimum Gasteiger partial charge on any atom is -0.381 e. The highest BCUT2D eigenvalue weighted by Crippen LogP contribution is 2.31. The molecule has 152 valence electrons. The molecule has 0 amide bonds. The Kier molecular flexibility index (Phi) is 6.27. The second-order valence-electron chi connectivity index (χ2n) is 8.34. The van der Waals surface area contributed by atoms with E-state index in [9.17, 15) is 0 Å². The van der Waals surface area contributed by atoms with E-state index in [1.54, 1.807) is 0 Å². The van der Waals surface area contributed by atoms with Crippen molar-refractivity contribution in [3.8, 4) is 0 Å². The molecule has 2 aliphatic heterocycles. The third-order valence-electron chi connectivity index (χ3n) is 6.01. The molecule has 0 radical (unpaired) electrons. The molecule has 0 bridgehead atoms. The van der Waals surface area contributed by atoms with Crippen LogP contribution in [0, 0.1) is 5.92 Å². The Morgan fingerprint density at radius 3 is 2.39 bits per heavy atom. The first-order valence-corrected chi connectivity index (χ1v) is 10.7.